The molecule has 1 aliphatic rings. The lowest BCUT2D eigenvalue weighted by Crippen LogP contribution is -2.26. The number of anilines is 1. The smallest absolute Gasteiger partial charge is 0.340 e. The Labute approximate surface area is 166 Å². The molecule has 0 saturated carbocycles. The predicted molar refractivity (Wildman–Crippen MR) is 104 cm³/mol. The van der Waals surface area contributed by atoms with Gasteiger partial charge in [0.1, 0.15) is 12.7 Å². The maximum Gasteiger partial charge on any atom is 0.340 e. The molecule has 1 aromatic carbocycles. The summed E-state index contributed by atoms with van der Waals surface area (Å²) in [6, 6.07) is 12.5. The van der Waals surface area contributed by atoms with E-state index in [9.17, 15) is 14.9 Å². The van der Waals surface area contributed by atoms with Crippen LogP contribution in [0.25, 0.3) is 5.52 Å². The summed E-state index contributed by atoms with van der Waals surface area (Å²) in [6.45, 7) is 0.502. The van der Waals surface area contributed by atoms with Crippen molar-refractivity contribution in [3.05, 3.63) is 70.5 Å². The Morgan fingerprint density at radius 2 is 2.14 bits per heavy atom. The number of halogens is 1. The second-order valence-corrected chi connectivity index (χ2v) is 6.96. The van der Waals surface area contributed by atoms with Gasteiger partial charge in [-0.2, -0.15) is 5.26 Å². The van der Waals surface area contributed by atoms with E-state index >= 15 is 0 Å². The first-order valence-corrected chi connectivity index (χ1v) is 9.22. The topological polar surface area (TPSA) is 74.8 Å². The second kappa shape index (κ2) is 7.37. The number of nitriles is 1. The summed E-state index contributed by atoms with van der Waals surface area (Å²) in [4.78, 5) is 26.4. The van der Waals surface area contributed by atoms with Crippen molar-refractivity contribution in [1.29, 1.82) is 5.26 Å². The first-order chi connectivity index (χ1) is 13.6. The SMILES string of the molecule is N#Cc1c(COC(=O)c2ccc(Cl)cc2N2CCCC2=O)cn2ccccc12. The number of carbonyl (C=O) groups is 2. The highest BCUT2D eigenvalue weighted by Crippen LogP contribution is 2.29. The second-order valence-electron chi connectivity index (χ2n) is 6.52. The Balaban J connectivity index is 1.60. The Morgan fingerprint density at radius 3 is 2.89 bits per heavy atom. The highest BCUT2D eigenvalue weighted by Gasteiger charge is 2.27. The minimum atomic E-state index is -0.564. The minimum Gasteiger partial charge on any atom is -0.457 e. The molecule has 140 valence electrons. The average Bonchev–Trinajstić information content (AvgIpc) is 3.28. The molecule has 1 aliphatic heterocycles. The zero-order valence-electron chi connectivity index (χ0n) is 14.9. The largest absolute Gasteiger partial charge is 0.457 e. The fraction of sp³-hybridized carbons (Fsp3) is 0.190. The average molecular weight is 394 g/mol. The van der Waals surface area contributed by atoms with Crippen LogP contribution in [0.15, 0.2) is 48.8 Å². The van der Waals surface area contributed by atoms with Crippen molar-refractivity contribution < 1.29 is 14.3 Å². The number of benzene rings is 1. The van der Waals surface area contributed by atoms with Crippen LogP contribution in [0, 0.1) is 11.3 Å². The number of aromatic nitrogens is 1. The summed E-state index contributed by atoms with van der Waals surface area (Å²) in [5.41, 5.74) is 2.59. The lowest BCUT2D eigenvalue weighted by Gasteiger charge is -2.19. The van der Waals surface area contributed by atoms with Crippen LogP contribution in [0.5, 0.6) is 0 Å². The van der Waals surface area contributed by atoms with E-state index in [4.69, 9.17) is 16.3 Å². The molecule has 0 bridgehead atoms. The summed E-state index contributed by atoms with van der Waals surface area (Å²) in [5.74, 6) is -0.604. The van der Waals surface area contributed by atoms with Gasteiger partial charge >= 0.3 is 5.97 Å². The van der Waals surface area contributed by atoms with Crippen molar-refractivity contribution in [3.63, 3.8) is 0 Å². The lowest BCUT2D eigenvalue weighted by atomic mass is 10.1. The highest BCUT2D eigenvalue weighted by molar-refractivity contribution is 6.31. The van der Waals surface area contributed by atoms with Crippen LogP contribution in [0.1, 0.15) is 34.3 Å². The van der Waals surface area contributed by atoms with E-state index < -0.39 is 5.97 Å². The molecule has 0 aliphatic carbocycles. The summed E-state index contributed by atoms with van der Waals surface area (Å²) >= 11 is 6.08. The van der Waals surface area contributed by atoms with Crippen LogP contribution >= 0.6 is 11.6 Å². The third-order valence-electron chi connectivity index (χ3n) is 4.78. The zero-order valence-corrected chi connectivity index (χ0v) is 15.6. The van der Waals surface area contributed by atoms with Gasteiger partial charge in [-0.15, -0.1) is 0 Å². The van der Waals surface area contributed by atoms with Gasteiger partial charge in [0.15, 0.2) is 0 Å². The zero-order chi connectivity index (χ0) is 19.7. The van der Waals surface area contributed by atoms with E-state index in [1.807, 2.05) is 28.8 Å². The molecule has 0 spiro atoms. The van der Waals surface area contributed by atoms with Gasteiger partial charge < -0.3 is 14.0 Å². The van der Waals surface area contributed by atoms with Gasteiger partial charge in [-0.25, -0.2) is 4.79 Å². The number of hydrogen-bond donors (Lipinski definition) is 0. The van der Waals surface area contributed by atoms with E-state index in [2.05, 4.69) is 6.07 Å². The van der Waals surface area contributed by atoms with E-state index in [0.29, 0.717) is 34.8 Å². The Morgan fingerprint density at radius 1 is 1.29 bits per heavy atom. The number of pyridine rings is 1. The Kier molecular flexibility index (Phi) is 4.76. The molecular formula is C21H16ClN3O3. The van der Waals surface area contributed by atoms with E-state index in [1.54, 1.807) is 29.3 Å². The van der Waals surface area contributed by atoms with Crippen LogP contribution in [-0.2, 0) is 16.1 Å². The van der Waals surface area contributed by atoms with Crippen LogP contribution in [0.4, 0.5) is 5.69 Å². The molecule has 28 heavy (non-hydrogen) atoms. The number of esters is 1. The third-order valence-corrected chi connectivity index (χ3v) is 5.01. The van der Waals surface area contributed by atoms with Crippen LogP contribution < -0.4 is 4.90 Å². The Hall–Kier alpha value is -3.30. The molecule has 0 radical (unpaired) electrons. The van der Waals surface area contributed by atoms with Gasteiger partial charge in [0.05, 0.1) is 22.3 Å². The molecule has 1 saturated heterocycles. The third kappa shape index (κ3) is 3.21. The molecule has 0 unspecified atom stereocenters. The molecular weight excluding hydrogens is 378 g/mol. The normalized spacial score (nSPS) is 13.7. The van der Waals surface area contributed by atoms with Crippen LogP contribution in [0.3, 0.4) is 0 Å². The maximum absolute atomic E-state index is 12.7. The number of amides is 1. The summed E-state index contributed by atoms with van der Waals surface area (Å²) in [7, 11) is 0. The van der Waals surface area contributed by atoms with Gasteiger partial charge in [0, 0.05) is 35.9 Å². The molecule has 3 aromatic rings. The quantitative estimate of drug-likeness (QED) is 0.629. The number of nitrogens with zero attached hydrogens (tertiary/aromatic N) is 3. The molecule has 1 fully saturated rings. The lowest BCUT2D eigenvalue weighted by molar-refractivity contribution is -0.117. The van der Waals surface area contributed by atoms with Crippen molar-refractivity contribution >= 4 is 34.7 Å². The molecule has 4 rings (SSSR count). The summed E-state index contributed by atoms with van der Waals surface area (Å²) in [6.07, 6.45) is 4.79. The van der Waals surface area contributed by atoms with Crippen LogP contribution in [0.2, 0.25) is 5.02 Å². The number of carbonyl (C=O) groups excluding carboxylic acids is 2. The van der Waals surface area contributed by atoms with Crippen molar-refractivity contribution in [2.75, 3.05) is 11.4 Å². The number of fused-ring (bicyclic) bond motifs is 1. The van der Waals surface area contributed by atoms with E-state index in [1.165, 1.54) is 0 Å². The summed E-state index contributed by atoms with van der Waals surface area (Å²) < 4.78 is 7.29. The fourth-order valence-electron chi connectivity index (χ4n) is 3.44. The van der Waals surface area contributed by atoms with E-state index in [0.717, 1.165) is 11.9 Å². The molecule has 1 amide bonds. The van der Waals surface area contributed by atoms with E-state index in [-0.39, 0.29) is 18.1 Å². The van der Waals surface area contributed by atoms with Gasteiger partial charge in [0.2, 0.25) is 5.91 Å². The number of hydrogen-bond acceptors (Lipinski definition) is 4. The van der Waals surface area contributed by atoms with Crippen molar-refractivity contribution in [2.45, 2.75) is 19.4 Å². The van der Waals surface area contributed by atoms with Crippen LogP contribution in [-0.4, -0.2) is 22.8 Å². The standard InChI is InChI=1S/C21H16ClN3O3/c22-15-6-7-16(19(10-15)25-9-3-5-20(25)26)21(27)28-13-14-12-24-8-2-1-4-18(24)17(14)11-23/h1-2,4,6-8,10,12H,3,5,9,13H2. The molecule has 7 heteroatoms. The molecule has 6 nitrogen and oxygen atoms in total. The Bertz CT molecular complexity index is 1130. The minimum absolute atomic E-state index is 0.0400. The summed E-state index contributed by atoms with van der Waals surface area (Å²) in [5, 5.41) is 9.91. The number of rotatable bonds is 4. The molecule has 0 atom stereocenters. The predicted octanol–water partition coefficient (Wildman–Crippen LogP) is 3.95. The molecule has 2 aromatic heterocycles. The molecule has 3 heterocycles. The van der Waals surface area contributed by atoms with Gasteiger partial charge in [0.25, 0.3) is 0 Å². The van der Waals surface area contributed by atoms with Crippen molar-refractivity contribution in [2.24, 2.45) is 0 Å². The van der Waals surface area contributed by atoms with Gasteiger partial charge in [-0.1, -0.05) is 17.7 Å². The first-order valence-electron chi connectivity index (χ1n) is 8.84. The van der Waals surface area contributed by atoms with Crippen molar-refractivity contribution in [3.8, 4) is 6.07 Å². The van der Waals surface area contributed by atoms with Gasteiger partial charge in [-0.3, -0.25) is 4.79 Å². The monoisotopic (exact) mass is 393 g/mol. The molecule has 0 N–H and O–H groups in total. The fourth-order valence-corrected chi connectivity index (χ4v) is 3.61. The first kappa shape index (κ1) is 18.1. The van der Waals surface area contributed by atoms with Gasteiger partial charge in [-0.05, 0) is 36.8 Å². The van der Waals surface area contributed by atoms with Crippen molar-refractivity contribution in [1.82, 2.24) is 4.40 Å². The number of ether oxygens (including phenoxy) is 1. The maximum atomic E-state index is 12.7. The highest BCUT2D eigenvalue weighted by atomic mass is 35.5.